The van der Waals surface area contributed by atoms with Crippen LogP contribution in [-0.2, 0) is 19.9 Å². The summed E-state index contributed by atoms with van der Waals surface area (Å²) in [4.78, 5) is 18.7. The van der Waals surface area contributed by atoms with Crippen LogP contribution >= 0.6 is 0 Å². The van der Waals surface area contributed by atoms with E-state index in [0.29, 0.717) is 11.7 Å². The summed E-state index contributed by atoms with van der Waals surface area (Å²) in [6.07, 6.45) is 8.97. The number of aromatic nitrogens is 2. The Kier molecular flexibility index (Phi) is 4.47. The van der Waals surface area contributed by atoms with Gasteiger partial charge in [-0.25, -0.2) is 4.98 Å². The number of nitrogens with zero attached hydrogens (tertiary/aromatic N) is 3. The lowest BCUT2D eigenvalue weighted by molar-refractivity contribution is 0.347. The Morgan fingerprint density at radius 1 is 1.28 bits per heavy atom. The molecular formula is C20H25N3O2. The van der Waals surface area contributed by atoms with Crippen molar-refractivity contribution in [3.8, 4) is 5.75 Å². The van der Waals surface area contributed by atoms with E-state index in [1.54, 1.807) is 24.0 Å². The molecule has 2 aliphatic rings. The number of rotatable bonds is 4. The third kappa shape index (κ3) is 3.28. The number of aryl methyl sites for hydroxylation is 2. The first kappa shape index (κ1) is 16.2. The number of hydrogen-bond donors (Lipinski definition) is 0. The zero-order valence-electron chi connectivity index (χ0n) is 14.8. The van der Waals surface area contributed by atoms with E-state index in [1.165, 1.54) is 17.5 Å². The van der Waals surface area contributed by atoms with Crippen LogP contribution in [0.4, 0.5) is 5.82 Å². The highest BCUT2D eigenvalue weighted by Crippen LogP contribution is 2.32. The Hall–Kier alpha value is -2.30. The molecule has 0 N–H and O–H groups in total. The number of hydrogen-bond acceptors (Lipinski definition) is 4. The zero-order valence-corrected chi connectivity index (χ0v) is 14.8. The largest absolute Gasteiger partial charge is 0.493 e. The minimum atomic E-state index is -0.00190. The maximum Gasteiger partial charge on any atom is 0.293 e. The van der Waals surface area contributed by atoms with E-state index in [4.69, 9.17) is 4.74 Å². The molecule has 0 atom stereocenters. The van der Waals surface area contributed by atoms with Crippen molar-refractivity contribution < 1.29 is 4.74 Å². The van der Waals surface area contributed by atoms with Crippen LogP contribution in [0.2, 0.25) is 0 Å². The van der Waals surface area contributed by atoms with Crippen LogP contribution in [0, 0.1) is 5.92 Å². The van der Waals surface area contributed by atoms with Crippen LogP contribution in [0.1, 0.15) is 30.4 Å². The number of fused-ring (bicyclic) bond motifs is 1. The molecule has 25 heavy (non-hydrogen) atoms. The number of ether oxygens (including phenoxy) is 1. The summed E-state index contributed by atoms with van der Waals surface area (Å²) in [6.45, 7) is 2.66. The van der Waals surface area contributed by atoms with E-state index in [2.05, 4.69) is 28.1 Å². The van der Waals surface area contributed by atoms with E-state index < -0.39 is 0 Å². The summed E-state index contributed by atoms with van der Waals surface area (Å²) in [5, 5.41) is 0. The molecule has 2 aliphatic heterocycles. The molecule has 2 aromatic rings. The molecule has 0 bridgehead atoms. The van der Waals surface area contributed by atoms with Gasteiger partial charge in [0.1, 0.15) is 5.75 Å². The zero-order chi connectivity index (χ0) is 17.2. The third-order valence-corrected chi connectivity index (χ3v) is 5.53. The smallest absolute Gasteiger partial charge is 0.293 e. The van der Waals surface area contributed by atoms with E-state index in [-0.39, 0.29) is 5.56 Å². The summed E-state index contributed by atoms with van der Waals surface area (Å²) in [5.74, 6) is 2.44. The van der Waals surface area contributed by atoms with Crippen LogP contribution in [-0.4, -0.2) is 29.2 Å². The maximum absolute atomic E-state index is 12.2. The first-order valence-electron chi connectivity index (χ1n) is 9.22. The van der Waals surface area contributed by atoms with Gasteiger partial charge in [0.2, 0.25) is 0 Å². The predicted molar refractivity (Wildman–Crippen MR) is 98.4 cm³/mol. The molecule has 0 aliphatic carbocycles. The van der Waals surface area contributed by atoms with Crippen LogP contribution in [0.5, 0.6) is 5.75 Å². The van der Waals surface area contributed by atoms with Crippen molar-refractivity contribution >= 4 is 5.82 Å². The van der Waals surface area contributed by atoms with Crippen LogP contribution in [0.3, 0.4) is 0 Å². The second-order valence-electron chi connectivity index (χ2n) is 7.14. The van der Waals surface area contributed by atoms with Crippen LogP contribution in [0.25, 0.3) is 0 Å². The highest BCUT2D eigenvalue weighted by molar-refractivity contribution is 5.44. The molecule has 0 saturated carbocycles. The van der Waals surface area contributed by atoms with Gasteiger partial charge in [-0.15, -0.1) is 0 Å². The summed E-state index contributed by atoms with van der Waals surface area (Å²) in [5.41, 5.74) is 2.72. The molecule has 5 heteroatoms. The Morgan fingerprint density at radius 2 is 2.12 bits per heavy atom. The molecule has 3 heterocycles. The molecule has 0 radical (unpaired) electrons. The van der Waals surface area contributed by atoms with Gasteiger partial charge in [-0.1, -0.05) is 18.2 Å². The van der Waals surface area contributed by atoms with Crippen molar-refractivity contribution in [1.82, 2.24) is 9.55 Å². The molecule has 1 saturated heterocycles. The second kappa shape index (κ2) is 6.90. The molecule has 0 spiro atoms. The number of para-hydroxylation sites is 1. The van der Waals surface area contributed by atoms with Crippen molar-refractivity contribution in [3.05, 3.63) is 52.1 Å². The Labute approximate surface area is 148 Å². The molecule has 0 unspecified atom stereocenters. The van der Waals surface area contributed by atoms with Crippen molar-refractivity contribution in [2.45, 2.75) is 32.1 Å². The number of anilines is 1. The molecular weight excluding hydrogens is 314 g/mol. The first-order valence-corrected chi connectivity index (χ1v) is 9.22. The minimum Gasteiger partial charge on any atom is -0.493 e. The standard InChI is InChI=1S/C20H25N3O2/c1-22-13-10-21-19(20(22)24)23-11-7-15(8-12-23)5-6-16-3-2-4-17-9-14-25-18(16)17/h2-4,10,13,15H,5-9,11-12,14H2,1H3. The lowest BCUT2D eigenvalue weighted by Gasteiger charge is -2.32. The van der Waals surface area contributed by atoms with E-state index >= 15 is 0 Å². The van der Waals surface area contributed by atoms with Crippen LogP contribution in [0.15, 0.2) is 35.4 Å². The van der Waals surface area contributed by atoms with Crippen molar-refractivity contribution in [2.75, 3.05) is 24.6 Å². The van der Waals surface area contributed by atoms with Gasteiger partial charge >= 0.3 is 0 Å². The fourth-order valence-electron chi connectivity index (χ4n) is 3.97. The molecule has 1 aromatic heterocycles. The monoisotopic (exact) mass is 339 g/mol. The predicted octanol–water partition coefficient (Wildman–Crippen LogP) is 2.56. The molecule has 5 nitrogen and oxygen atoms in total. The average molecular weight is 339 g/mol. The second-order valence-corrected chi connectivity index (χ2v) is 7.14. The van der Waals surface area contributed by atoms with Crippen molar-refractivity contribution in [1.29, 1.82) is 0 Å². The van der Waals surface area contributed by atoms with Crippen molar-refractivity contribution in [3.63, 3.8) is 0 Å². The van der Waals surface area contributed by atoms with Crippen molar-refractivity contribution in [2.24, 2.45) is 13.0 Å². The van der Waals surface area contributed by atoms with Gasteiger partial charge in [0.25, 0.3) is 5.56 Å². The fraction of sp³-hybridized carbons (Fsp3) is 0.500. The summed E-state index contributed by atoms with van der Waals surface area (Å²) < 4.78 is 7.42. The Morgan fingerprint density at radius 3 is 2.96 bits per heavy atom. The molecule has 1 fully saturated rings. The summed E-state index contributed by atoms with van der Waals surface area (Å²) in [6, 6.07) is 6.54. The van der Waals surface area contributed by atoms with Gasteiger partial charge in [-0.2, -0.15) is 0 Å². The highest BCUT2D eigenvalue weighted by atomic mass is 16.5. The van der Waals surface area contributed by atoms with Gasteiger partial charge in [-0.3, -0.25) is 4.79 Å². The molecule has 132 valence electrons. The Balaban J connectivity index is 1.35. The van der Waals surface area contributed by atoms with Gasteiger partial charge in [0.15, 0.2) is 5.82 Å². The quantitative estimate of drug-likeness (QED) is 0.859. The fourth-order valence-corrected chi connectivity index (χ4v) is 3.97. The van der Waals surface area contributed by atoms with Gasteiger partial charge < -0.3 is 14.2 Å². The van der Waals surface area contributed by atoms with Gasteiger partial charge in [0, 0.05) is 39.0 Å². The molecule has 1 aromatic carbocycles. The molecule has 0 amide bonds. The number of benzene rings is 1. The lowest BCUT2D eigenvalue weighted by atomic mass is 9.90. The number of piperidine rings is 1. The van der Waals surface area contributed by atoms with E-state index in [0.717, 1.165) is 51.1 Å². The minimum absolute atomic E-state index is 0.00190. The van der Waals surface area contributed by atoms with Gasteiger partial charge in [-0.05, 0) is 42.7 Å². The maximum atomic E-state index is 12.2. The highest BCUT2D eigenvalue weighted by Gasteiger charge is 2.23. The summed E-state index contributed by atoms with van der Waals surface area (Å²) in [7, 11) is 1.78. The SMILES string of the molecule is Cn1ccnc(N2CCC(CCc3cccc4c3OCC4)CC2)c1=O. The first-order chi connectivity index (χ1) is 12.2. The van der Waals surface area contributed by atoms with Gasteiger partial charge in [0.05, 0.1) is 6.61 Å². The normalized spacial score (nSPS) is 17.4. The average Bonchev–Trinajstić information content (AvgIpc) is 3.12. The lowest BCUT2D eigenvalue weighted by Crippen LogP contribution is -2.38. The van der Waals surface area contributed by atoms with Crippen LogP contribution < -0.4 is 15.2 Å². The Bertz CT molecular complexity index is 807. The summed E-state index contributed by atoms with van der Waals surface area (Å²) >= 11 is 0. The van der Waals surface area contributed by atoms with E-state index in [9.17, 15) is 4.79 Å². The topological polar surface area (TPSA) is 47.4 Å². The molecule has 4 rings (SSSR count). The third-order valence-electron chi connectivity index (χ3n) is 5.53. The van der Waals surface area contributed by atoms with E-state index in [1.807, 2.05) is 0 Å².